The Hall–Kier alpha value is -1.76. The van der Waals surface area contributed by atoms with Gasteiger partial charge in [-0.2, -0.15) is 0 Å². The van der Waals surface area contributed by atoms with Gasteiger partial charge in [0.2, 0.25) is 0 Å². The number of morpholine rings is 1. The molecule has 2 aromatic rings. The van der Waals surface area contributed by atoms with Crippen molar-refractivity contribution >= 4 is 40.5 Å². The van der Waals surface area contributed by atoms with Gasteiger partial charge >= 0.3 is 0 Å². The number of aromatic nitrogens is 2. The first-order valence-electron chi connectivity index (χ1n) is 8.80. The van der Waals surface area contributed by atoms with Crippen molar-refractivity contribution in [2.75, 3.05) is 54.5 Å². The summed E-state index contributed by atoms with van der Waals surface area (Å²) in [6, 6.07) is 7.98. The van der Waals surface area contributed by atoms with Gasteiger partial charge in [0.25, 0.3) is 0 Å². The quantitative estimate of drug-likeness (QED) is 0.859. The largest absolute Gasteiger partial charge is 0.378 e. The smallest absolute Gasteiger partial charge is 0.134 e. The van der Waals surface area contributed by atoms with E-state index in [0.29, 0.717) is 16.1 Å². The summed E-state index contributed by atoms with van der Waals surface area (Å²) < 4.78 is 5.40. The summed E-state index contributed by atoms with van der Waals surface area (Å²) in [7, 11) is 0. The fourth-order valence-corrected chi connectivity index (χ4v) is 3.96. The standard InChI is InChI=1S/C18H21Cl2N5O/c19-13-1-2-16(15(20)9-13)25-4-3-14(11-25)23-17-10-18(22-12-21-17)24-5-7-26-8-6-24/h1-2,9-10,12,14H,3-8,11H2,(H,21,22,23). The highest BCUT2D eigenvalue weighted by Gasteiger charge is 2.24. The molecule has 1 unspecified atom stereocenters. The molecule has 8 heteroatoms. The lowest BCUT2D eigenvalue weighted by molar-refractivity contribution is 0.122. The lowest BCUT2D eigenvalue weighted by atomic mass is 10.2. The van der Waals surface area contributed by atoms with Crippen LogP contribution in [0.1, 0.15) is 6.42 Å². The van der Waals surface area contributed by atoms with Crippen molar-refractivity contribution in [2.24, 2.45) is 0 Å². The van der Waals surface area contributed by atoms with E-state index in [0.717, 1.165) is 63.1 Å². The van der Waals surface area contributed by atoms with Crippen molar-refractivity contribution in [3.63, 3.8) is 0 Å². The Bertz CT molecular complexity index is 769. The molecule has 6 nitrogen and oxygen atoms in total. The first-order chi connectivity index (χ1) is 12.7. The topological polar surface area (TPSA) is 53.5 Å². The van der Waals surface area contributed by atoms with Crippen molar-refractivity contribution in [3.05, 3.63) is 40.6 Å². The Kier molecular flexibility index (Phi) is 5.33. The monoisotopic (exact) mass is 393 g/mol. The molecule has 1 aromatic heterocycles. The zero-order valence-electron chi connectivity index (χ0n) is 14.4. The molecule has 2 saturated heterocycles. The van der Waals surface area contributed by atoms with Crippen LogP contribution in [0.25, 0.3) is 0 Å². The molecule has 1 atom stereocenters. The Morgan fingerprint density at radius 2 is 1.88 bits per heavy atom. The van der Waals surface area contributed by atoms with Crippen molar-refractivity contribution in [1.82, 2.24) is 9.97 Å². The lowest BCUT2D eigenvalue weighted by Crippen LogP contribution is -2.36. The third-order valence-electron chi connectivity index (χ3n) is 4.78. The molecular formula is C18H21Cl2N5O. The third kappa shape index (κ3) is 3.98. The van der Waals surface area contributed by atoms with E-state index in [-0.39, 0.29) is 0 Å². The molecule has 2 fully saturated rings. The second-order valence-electron chi connectivity index (χ2n) is 6.53. The first kappa shape index (κ1) is 17.6. The van der Waals surface area contributed by atoms with Gasteiger partial charge in [-0.1, -0.05) is 23.2 Å². The maximum absolute atomic E-state index is 6.34. The molecule has 0 aliphatic carbocycles. The summed E-state index contributed by atoms with van der Waals surface area (Å²) in [5, 5.41) is 4.88. The van der Waals surface area contributed by atoms with Crippen LogP contribution in [-0.2, 0) is 4.74 Å². The molecule has 0 bridgehead atoms. The van der Waals surface area contributed by atoms with Crippen molar-refractivity contribution < 1.29 is 4.74 Å². The maximum Gasteiger partial charge on any atom is 0.134 e. The summed E-state index contributed by atoms with van der Waals surface area (Å²) in [6.45, 7) is 5.03. The van der Waals surface area contributed by atoms with Gasteiger partial charge in [0.15, 0.2) is 0 Å². The van der Waals surface area contributed by atoms with E-state index in [1.165, 1.54) is 0 Å². The zero-order chi connectivity index (χ0) is 17.9. The fraction of sp³-hybridized carbons (Fsp3) is 0.444. The molecule has 0 radical (unpaired) electrons. The SMILES string of the molecule is Clc1ccc(N2CCC(Nc3cc(N4CCOCC4)ncn3)C2)c(Cl)c1. The highest BCUT2D eigenvalue weighted by Crippen LogP contribution is 2.31. The number of hydrogen-bond donors (Lipinski definition) is 1. The van der Waals surface area contributed by atoms with Crippen molar-refractivity contribution in [1.29, 1.82) is 0 Å². The van der Waals surface area contributed by atoms with E-state index in [1.54, 1.807) is 12.4 Å². The Morgan fingerprint density at radius 3 is 2.69 bits per heavy atom. The number of rotatable bonds is 4. The Labute approximate surface area is 163 Å². The summed E-state index contributed by atoms with van der Waals surface area (Å²) in [4.78, 5) is 13.3. The number of halogens is 2. The average Bonchev–Trinajstić information content (AvgIpc) is 3.11. The first-order valence-corrected chi connectivity index (χ1v) is 9.56. The van der Waals surface area contributed by atoms with Crippen LogP contribution in [0, 0.1) is 0 Å². The minimum Gasteiger partial charge on any atom is -0.378 e. The van der Waals surface area contributed by atoms with Crippen LogP contribution in [0.3, 0.4) is 0 Å². The van der Waals surface area contributed by atoms with E-state index in [4.69, 9.17) is 27.9 Å². The number of ether oxygens (including phenoxy) is 1. The van der Waals surface area contributed by atoms with Gasteiger partial charge in [-0.25, -0.2) is 9.97 Å². The highest BCUT2D eigenvalue weighted by molar-refractivity contribution is 6.36. The van der Waals surface area contributed by atoms with Crippen molar-refractivity contribution in [3.8, 4) is 0 Å². The number of nitrogens with one attached hydrogen (secondary N) is 1. The Morgan fingerprint density at radius 1 is 1.04 bits per heavy atom. The van der Waals surface area contributed by atoms with Crippen LogP contribution in [0.2, 0.25) is 10.0 Å². The van der Waals surface area contributed by atoms with Gasteiger partial charge in [-0.3, -0.25) is 0 Å². The second kappa shape index (κ2) is 7.86. The minimum absolute atomic E-state index is 0.314. The van der Waals surface area contributed by atoms with Gasteiger partial charge < -0.3 is 19.9 Å². The van der Waals surface area contributed by atoms with Gasteiger partial charge in [0.1, 0.15) is 18.0 Å². The molecule has 0 spiro atoms. The molecule has 3 heterocycles. The van der Waals surface area contributed by atoms with E-state index >= 15 is 0 Å². The van der Waals surface area contributed by atoms with Gasteiger partial charge in [0, 0.05) is 43.3 Å². The van der Waals surface area contributed by atoms with Gasteiger partial charge in [0.05, 0.1) is 23.9 Å². The van der Waals surface area contributed by atoms with Crippen LogP contribution in [0.4, 0.5) is 17.3 Å². The zero-order valence-corrected chi connectivity index (χ0v) is 15.9. The molecule has 1 N–H and O–H groups in total. The van der Waals surface area contributed by atoms with Crippen molar-refractivity contribution in [2.45, 2.75) is 12.5 Å². The van der Waals surface area contributed by atoms with Gasteiger partial charge in [-0.15, -0.1) is 0 Å². The fourth-order valence-electron chi connectivity index (χ4n) is 3.44. The highest BCUT2D eigenvalue weighted by atomic mass is 35.5. The molecule has 0 saturated carbocycles. The maximum atomic E-state index is 6.34. The van der Waals surface area contributed by atoms with Crippen LogP contribution in [0.5, 0.6) is 0 Å². The number of nitrogens with zero attached hydrogens (tertiary/aromatic N) is 4. The van der Waals surface area contributed by atoms with Crippen LogP contribution >= 0.6 is 23.2 Å². The van der Waals surface area contributed by atoms with E-state index in [1.807, 2.05) is 18.2 Å². The number of benzene rings is 1. The predicted octanol–water partition coefficient (Wildman–Crippen LogP) is 3.31. The number of hydrogen-bond acceptors (Lipinski definition) is 6. The van der Waals surface area contributed by atoms with Crippen LogP contribution < -0.4 is 15.1 Å². The lowest BCUT2D eigenvalue weighted by Gasteiger charge is -2.28. The molecule has 1 aromatic carbocycles. The summed E-state index contributed by atoms with van der Waals surface area (Å²) in [5.41, 5.74) is 1.03. The molecule has 2 aliphatic rings. The summed E-state index contributed by atoms with van der Waals surface area (Å²) >= 11 is 12.3. The minimum atomic E-state index is 0.314. The van der Waals surface area contributed by atoms with E-state index < -0.39 is 0 Å². The Balaban J connectivity index is 1.40. The third-order valence-corrected chi connectivity index (χ3v) is 5.32. The summed E-state index contributed by atoms with van der Waals surface area (Å²) in [6.07, 6.45) is 2.64. The van der Waals surface area contributed by atoms with Crippen LogP contribution in [0.15, 0.2) is 30.6 Å². The van der Waals surface area contributed by atoms with Gasteiger partial charge in [-0.05, 0) is 24.6 Å². The molecule has 138 valence electrons. The normalized spacial score (nSPS) is 20.5. The molecule has 4 rings (SSSR count). The average molecular weight is 394 g/mol. The second-order valence-corrected chi connectivity index (χ2v) is 7.38. The molecule has 26 heavy (non-hydrogen) atoms. The van der Waals surface area contributed by atoms with E-state index in [9.17, 15) is 0 Å². The molecular weight excluding hydrogens is 373 g/mol. The summed E-state index contributed by atoms with van der Waals surface area (Å²) in [5.74, 6) is 1.80. The molecule has 0 amide bonds. The van der Waals surface area contributed by atoms with E-state index in [2.05, 4.69) is 25.1 Å². The molecule has 2 aliphatic heterocycles. The predicted molar refractivity (Wildman–Crippen MR) is 106 cm³/mol. The van der Waals surface area contributed by atoms with Crippen LogP contribution in [-0.4, -0.2) is 55.4 Å². The number of anilines is 3.